The molecule has 0 spiro atoms. The number of aromatic nitrogens is 2. The van der Waals surface area contributed by atoms with Crippen LogP contribution in [0.3, 0.4) is 0 Å². The molecule has 3 N–H and O–H groups in total. The Morgan fingerprint density at radius 3 is 2.62 bits per heavy atom. The third kappa shape index (κ3) is 2.68. The number of nitrogen functional groups attached to an aromatic ring is 1. The van der Waals surface area contributed by atoms with Gasteiger partial charge in [-0.05, 0) is 12.1 Å². The molecule has 2 aromatic rings. The Kier molecular flexibility index (Phi) is 3.85. The number of rotatable bonds is 3. The van der Waals surface area contributed by atoms with Gasteiger partial charge in [0.05, 0.1) is 18.9 Å². The lowest BCUT2D eigenvalue weighted by Crippen LogP contribution is -2.31. The molecule has 21 heavy (non-hydrogen) atoms. The normalized spacial score (nSPS) is 11.3. The number of nitrogens with two attached hydrogens (primary N) is 1. The number of hydrazine groups is 1. The Morgan fingerprint density at radius 2 is 2.05 bits per heavy atom. The van der Waals surface area contributed by atoms with E-state index in [1.165, 1.54) is 25.3 Å². The number of carbonyl (C=O) groups excluding carboxylic acids is 1. The summed E-state index contributed by atoms with van der Waals surface area (Å²) in [5.74, 6) is 4.00. The molecule has 0 saturated carbocycles. The van der Waals surface area contributed by atoms with Gasteiger partial charge in [0.1, 0.15) is 11.4 Å². The molecular formula is C12H11F3N4O2. The average molecular weight is 300 g/mol. The highest BCUT2D eigenvalue weighted by Gasteiger charge is 2.40. The Hall–Kier alpha value is -2.55. The second-order valence-corrected chi connectivity index (χ2v) is 3.96. The molecule has 0 fully saturated rings. The molecule has 112 valence electrons. The van der Waals surface area contributed by atoms with Crippen LogP contribution in [0, 0.1) is 0 Å². The highest BCUT2D eigenvalue weighted by atomic mass is 19.4. The first kappa shape index (κ1) is 14.9. The number of ether oxygens (including phenoxy) is 1. The summed E-state index contributed by atoms with van der Waals surface area (Å²) < 4.78 is 45.3. The Morgan fingerprint density at radius 1 is 1.38 bits per heavy atom. The van der Waals surface area contributed by atoms with E-state index in [0.717, 1.165) is 6.20 Å². The summed E-state index contributed by atoms with van der Waals surface area (Å²) in [6.45, 7) is 0. The molecule has 0 radical (unpaired) electrons. The van der Waals surface area contributed by atoms with Crippen LogP contribution in [-0.4, -0.2) is 22.8 Å². The van der Waals surface area contributed by atoms with Crippen LogP contribution in [0.5, 0.6) is 5.75 Å². The predicted molar refractivity (Wildman–Crippen MR) is 66.8 cm³/mol. The number of amides is 1. The van der Waals surface area contributed by atoms with E-state index in [9.17, 15) is 18.0 Å². The molecular weight excluding hydrogens is 289 g/mol. The van der Waals surface area contributed by atoms with Gasteiger partial charge < -0.3 is 4.74 Å². The van der Waals surface area contributed by atoms with Crippen LogP contribution in [0.1, 0.15) is 16.1 Å². The fourth-order valence-corrected chi connectivity index (χ4v) is 1.85. The number of methoxy groups -OCH3 is 1. The minimum Gasteiger partial charge on any atom is -0.494 e. The van der Waals surface area contributed by atoms with Gasteiger partial charge in [-0.25, -0.2) is 10.5 Å². The van der Waals surface area contributed by atoms with Crippen LogP contribution in [0.15, 0.2) is 30.5 Å². The lowest BCUT2D eigenvalue weighted by Gasteiger charge is -2.14. The first-order valence-corrected chi connectivity index (χ1v) is 5.69. The van der Waals surface area contributed by atoms with Crippen molar-refractivity contribution in [3.8, 4) is 11.4 Å². The van der Waals surface area contributed by atoms with E-state index in [1.54, 1.807) is 11.5 Å². The number of carbonyl (C=O) groups is 1. The molecule has 0 aliphatic rings. The molecule has 9 heteroatoms. The van der Waals surface area contributed by atoms with Crippen LogP contribution < -0.4 is 16.0 Å². The zero-order chi connectivity index (χ0) is 15.6. The molecule has 0 saturated heterocycles. The molecule has 1 amide bonds. The minimum absolute atomic E-state index is 0.0587. The van der Waals surface area contributed by atoms with Crippen LogP contribution in [0.2, 0.25) is 0 Å². The molecule has 0 aliphatic carbocycles. The first-order chi connectivity index (χ1) is 9.90. The number of para-hydroxylation sites is 2. The van der Waals surface area contributed by atoms with Crippen molar-refractivity contribution in [2.24, 2.45) is 5.84 Å². The predicted octanol–water partition coefficient (Wildman–Crippen LogP) is 1.50. The number of halogens is 3. The molecule has 2 rings (SSSR count). The van der Waals surface area contributed by atoms with Gasteiger partial charge in [-0.15, -0.1) is 0 Å². The van der Waals surface area contributed by atoms with E-state index < -0.39 is 23.3 Å². The van der Waals surface area contributed by atoms with Crippen LogP contribution in [0.25, 0.3) is 5.69 Å². The average Bonchev–Trinajstić information content (AvgIpc) is 2.91. The summed E-state index contributed by atoms with van der Waals surface area (Å²) in [6.07, 6.45) is -3.99. The van der Waals surface area contributed by atoms with Gasteiger partial charge in [0.15, 0.2) is 5.69 Å². The van der Waals surface area contributed by atoms with Crippen LogP contribution >= 0.6 is 0 Å². The highest BCUT2D eigenvalue weighted by Crippen LogP contribution is 2.35. The maximum absolute atomic E-state index is 13.2. The van der Waals surface area contributed by atoms with Gasteiger partial charge >= 0.3 is 6.18 Å². The molecule has 0 unspecified atom stereocenters. The lowest BCUT2D eigenvalue weighted by molar-refractivity contribution is -0.143. The number of nitrogens with one attached hydrogen (secondary N) is 1. The molecule has 1 aromatic carbocycles. The van der Waals surface area contributed by atoms with E-state index in [4.69, 9.17) is 10.6 Å². The monoisotopic (exact) mass is 300 g/mol. The van der Waals surface area contributed by atoms with E-state index in [1.807, 2.05) is 0 Å². The minimum atomic E-state index is -4.79. The summed E-state index contributed by atoms with van der Waals surface area (Å²) in [4.78, 5) is 11.5. The van der Waals surface area contributed by atoms with Gasteiger partial charge in [-0.1, -0.05) is 12.1 Å². The largest absolute Gasteiger partial charge is 0.494 e. The fraction of sp³-hybridized carbons (Fsp3) is 0.167. The smallest absolute Gasteiger partial charge is 0.434 e. The van der Waals surface area contributed by atoms with Crippen molar-refractivity contribution in [3.63, 3.8) is 0 Å². The quantitative estimate of drug-likeness (QED) is 0.511. The summed E-state index contributed by atoms with van der Waals surface area (Å²) in [7, 11) is 1.32. The summed E-state index contributed by atoms with van der Waals surface area (Å²) >= 11 is 0. The van der Waals surface area contributed by atoms with Crippen molar-refractivity contribution in [3.05, 3.63) is 41.7 Å². The molecule has 6 nitrogen and oxygen atoms in total. The molecule has 1 aromatic heterocycles. The topological polar surface area (TPSA) is 82.2 Å². The number of hydrogen-bond acceptors (Lipinski definition) is 4. The maximum atomic E-state index is 13.2. The number of alkyl halides is 3. The van der Waals surface area contributed by atoms with E-state index >= 15 is 0 Å². The van der Waals surface area contributed by atoms with E-state index in [2.05, 4.69) is 5.10 Å². The van der Waals surface area contributed by atoms with Crippen LogP contribution in [-0.2, 0) is 6.18 Å². The second kappa shape index (κ2) is 5.44. The standard InChI is InChI=1S/C12H11F3N4O2/c1-21-9-5-3-2-4-8(9)19-10(12(13,14)15)7(6-17-19)11(20)18-16/h2-6H,16H2,1H3,(H,18,20). The third-order valence-corrected chi connectivity index (χ3v) is 2.73. The lowest BCUT2D eigenvalue weighted by atomic mass is 10.2. The third-order valence-electron chi connectivity index (χ3n) is 2.73. The van der Waals surface area contributed by atoms with Gasteiger partial charge in [0.25, 0.3) is 5.91 Å². The summed E-state index contributed by atoms with van der Waals surface area (Å²) in [6, 6.07) is 6.01. The zero-order valence-electron chi connectivity index (χ0n) is 10.8. The Labute approximate surface area is 117 Å². The van der Waals surface area contributed by atoms with Crippen molar-refractivity contribution in [2.45, 2.75) is 6.18 Å². The van der Waals surface area contributed by atoms with Crippen molar-refractivity contribution < 1.29 is 22.7 Å². The number of benzene rings is 1. The maximum Gasteiger partial charge on any atom is 0.434 e. The number of nitrogens with zero attached hydrogens (tertiary/aromatic N) is 2. The Balaban J connectivity index is 2.70. The summed E-state index contributed by atoms with van der Waals surface area (Å²) in [5, 5.41) is 3.63. The summed E-state index contributed by atoms with van der Waals surface area (Å²) in [5.41, 5.74) is -0.175. The molecule has 0 aliphatic heterocycles. The highest BCUT2D eigenvalue weighted by molar-refractivity contribution is 5.95. The van der Waals surface area contributed by atoms with Crippen molar-refractivity contribution >= 4 is 5.91 Å². The van der Waals surface area contributed by atoms with Crippen molar-refractivity contribution in [2.75, 3.05) is 7.11 Å². The van der Waals surface area contributed by atoms with Crippen molar-refractivity contribution in [1.82, 2.24) is 15.2 Å². The molecule has 0 bridgehead atoms. The Bertz CT molecular complexity index is 667. The van der Waals surface area contributed by atoms with E-state index in [0.29, 0.717) is 4.68 Å². The fourth-order valence-electron chi connectivity index (χ4n) is 1.85. The number of hydrogen-bond donors (Lipinski definition) is 2. The van der Waals surface area contributed by atoms with Gasteiger partial charge in [0.2, 0.25) is 0 Å². The van der Waals surface area contributed by atoms with Crippen molar-refractivity contribution in [1.29, 1.82) is 0 Å². The van der Waals surface area contributed by atoms with Gasteiger partial charge in [-0.2, -0.15) is 18.3 Å². The second-order valence-electron chi connectivity index (χ2n) is 3.96. The van der Waals surface area contributed by atoms with Gasteiger partial charge in [-0.3, -0.25) is 10.2 Å². The zero-order valence-corrected chi connectivity index (χ0v) is 10.8. The molecule has 1 heterocycles. The van der Waals surface area contributed by atoms with E-state index in [-0.39, 0.29) is 11.4 Å². The van der Waals surface area contributed by atoms with Crippen LogP contribution in [0.4, 0.5) is 13.2 Å². The van der Waals surface area contributed by atoms with Gasteiger partial charge in [0, 0.05) is 0 Å². The SMILES string of the molecule is COc1ccccc1-n1ncc(C(=O)NN)c1C(F)(F)F. The molecule has 0 atom stereocenters. The first-order valence-electron chi connectivity index (χ1n) is 5.69.